The predicted molar refractivity (Wildman–Crippen MR) is 60.0 cm³/mol. The highest BCUT2D eigenvalue weighted by molar-refractivity contribution is 5.20. The molecule has 1 N–H and O–H groups in total. The van der Waals surface area contributed by atoms with Crippen LogP contribution in [0.15, 0.2) is 42.0 Å². The van der Waals surface area contributed by atoms with Crippen molar-refractivity contribution >= 4 is 0 Å². The molecule has 14 heavy (non-hydrogen) atoms. The highest BCUT2D eigenvalue weighted by Gasteiger charge is 2.16. The first-order valence-corrected chi connectivity index (χ1v) is 5.02. The number of benzene rings is 1. The molecule has 1 nitrogen and oxygen atoms in total. The third-order valence-electron chi connectivity index (χ3n) is 2.79. The van der Waals surface area contributed by atoms with E-state index >= 15 is 0 Å². The minimum atomic E-state index is -0.396. The number of allylic oxidation sites excluding steroid dienone is 1. The molecule has 76 valence electrons. The molecule has 0 bridgehead atoms. The average molecular weight is 190 g/mol. The summed E-state index contributed by atoms with van der Waals surface area (Å²) < 4.78 is 0. The first-order chi connectivity index (χ1) is 6.66. The lowest BCUT2D eigenvalue weighted by molar-refractivity contribution is 0.134. The third kappa shape index (κ3) is 2.46. The summed E-state index contributed by atoms with van der Waals surface area (Å²) in [5.41, 5.74) is 2.21. The van der Waals surface area contributed by atoms with Gasteiger partial charge >= 0.3 is 0 Å². The first-order valence-electron chi connectivity index (χ1n) is 5.02. The highest BCUT2D eigenvalue weighted by Crippen LogP contribution is 2.26. The van der Waals surface area contributed by atoms with Crippen molar-refractivity contribution in [1.82, 2.24) is 0 Å². The second-order valence-corrected chi connectivity index (χ2v) is 3.68. The molecular formula is C13H18O. The molecule has 2 atom stereocenters. The molecule has 0 saturated carbocycles. The zero-order chi connectivity index (χ0) is 10.6. The lowest BCUT2D eigenvalue weighted by Gasteiger charge is -2.19. The fourth-order valence-electron chi connectivity index (χ4n) is 1.45. The summed E-state index contributed by atoms with van der Waals surface area (Å²) in [6, 6.07) is 9.80. The van der Waals surface area contributed by atoms with Gasteiger partial charge in [-0.3, -0.25) is 0 Å². The summed E-state index contributed by atoms with van der Waals surface area (Å²) in [5, 5.41) is 10.0. The van der Waals surface area contributed by atoms with Gasteiger partial charge in [-0.25, -0.2) is 0 Å². The molecule has 0 spiro atoms. The predicted octanol–water partition coefficient (Wildman–Crippen LogP) is 3.32. The molecule has 0 aliphatic carbocycles. The Morgan fingerprint density at radius 3 is 2.36 bits per heavy atom. The van der Waals surface area contributed by atoms with Gasteiger partial charge in [0.05, 0.1) is 6.10 Å². The Balaban J connectivity index is 2.81. The van der Waals surface area contributed by atoms with E-state index in [-0.39, 0.29) is 5.92 Å². The van der Waals surface area contributed by atoms with E-state index in [0.717, 1.165) is 5.56 Å². The van der Waals surface area contributed by atoms with Gasteiger partial charge < -0.3 is 5.11 Å². The Hall–Kier alpha value is -1.08. The van der Waals surface area contributed by atoms with Crippen molar-refractivity contribution in [2.45, 2.75) is 26.9 Å². The molecule has 1 heteroatoms. The van der Waals surface area contributed by atoms with Crippen LogP contribution in [0.25, 0.3) is 0 Å². The Kier molecular flexibility index (Phi) is 3.90. The van der Waals surface area contributed by atoms with Crippen LogP contribution in [-0.2, 0) is 0 Å². The molecule has 1 aromatic carbocycles. The summed E-state index contributed by atoms with van der Waals surface area (Å²) in [7, 11) is 0. The summed E-state index contributed by atoms with van der Waals surface area (Å²) in [5.74, 6) is 0.183. The molecule has 0 aromatic heterocycles. The van der Waals surface area contributed by atoms with E-state index in [9.17, 15) is 5.11 Å². The van der Waals surface area contributed by atoms with Gasteiger partial charge in [0.25, 0.3) is 0 Å². The van der Waals surface area contributed by atoms with Gasteiger partial charge in [0, 0.05) is 5.92 Å². The van der Waals surface area contributed by atoms with E-state index in [0.29, 0.717) is 0 Å². The molecular weight excluding hydrogens is 172 g/mol. The molecule has 0 aliphatic heterocycles. The van der Waals surface area contributed by atoms with Gasteiger partial charge in [-0.15, -0.1) is 0 Å². The maximum absolute atomic E-state index is 10.0. The molecule has 0 heterocycles. The highest BCUT2D eigenvalue weighted by atomic mass is 16.3. The van der Waals surface area contributed by atoms with Gasteiger partial charge in [0.2, 0.25) is 0 Å². The fourth-order valence-corrected chi connectivity index (χ4v) is 1.45. The molecule has 1 aromatic rings. The third-order valence-corrected chi connectivity index (χ3v) is 2.79. The average Bonchev–Trinajstić information content (AvgIpc) is 2.27. The SMILES string of the molecule is C/C=C(\C)C(C)C(O)c1ccccc1. The van der Waals surface area contributed by atoms with Crippen molar-refractivity contribution in [2.24, 2.45) is 5.92 Å². The second-order valence-electron chi connectivity index (χ2n) is 3.68. The number of hydrogen-bond acceptors (Lipinski definition) is 1. The van der Waals surface area contributed by atoms with Crippen LogP contribution in [0.4, 0.5) is 0 Å². The Bertz CT molecular complexity index is 300. The van der Waals surface area contributed by atoms with Crippen LogP contribution in [0, 0.1) is 5.92 Å². The summed E-state index contributed by atoms with van der Waals surface area (Å²) in [6.45, 7) is 6.10. The van der Waals surface area contributed by atoms with Crippen LogP contribution in [0.2, 0.25) is 0 Å². The topological polar surface area (TPSA) is 20.2 Å². The van der Waals surface area contributed by atoms with Crippen LogP contribution in [0.5, 0.6) is 0 Å². The molecule has 0 amide bonds. The van der Waals surface area contributed by atoms with Crippen LogP contribution in [0.1, 0.15) is 32.4 Å². The fraction of sp³-hybridized carbons (Fsp3) is 0.385. The van der Waals surface area contributed by atoms with Crippen LogP contribution >= 0.6 is 0 Å². The molecule has 2 unspecified atom stereocenters. The minimum Gasteiger partial charge on any atom is -0.388 e. The lowest BCUT2D eigenvalue weighted by atomic mass is 9.91. The van der Waals surface area contributed by atoms with Gasteiger partial charge in [-0.1, -0.05) is 48.9 Å². The molecule has 0 fully saturated rings. The molecule has 0 saturated heterocycles. The monoisotopic (exact) mass is 190 g/mol. The van der Waals surface area contributed by atoms with E-state index in [2.05, 4.69) is 13.0 Å². The maximum Gasteiger partial charge on any atom is 0.0852 e. The Labute approximate surface area is 86.1 Å². The molecule has 1 rings (SSSR count). The number of hydrogen-bond donors (Lipinski definition) is 1. The van der Waals surface area contributed by atoms with E-state index in [4.69, 9.17) is 0 Å². The Morgan fingerprint density at radius 1 is 1.29 bits per heavy atom. The summed E-state index contributed by atoms with van der Waals surface area (Å²) >= 11 is 0. The van der Waals surface area contributed by atoms with Gasteiger partial charge in [-0.2, -0.15) is 0 Å². The number of rotatable bonds is 3. The molecule has 0 radical (unpaired) electrons. The summed E-state index contributed by atoms with van der Waals surface area (Å²) in [4.78, 5) is 0. The van der Waals surface area contributed by atoms with Gasteiger partial charge in [-0.05, 0) is 19.4 Å². The smallest absolute Gasteiger partial charge is 0.0852 e. The van der Waals surface area contributed by atoms with Crippen molar-refractivity contribution in [3.63, 3.8) is 0 Å². The van der Waals surface area contributed by atoms with E-state index in [1.807, 2.05) is 44.2 Å². The largest absolute Gasteiger partial charge is 0.388 e. The van der Waals surface area contributed by atoms with Crippen molar-refractivity contribution in [1.29, 1.82) is 0 Å². The van der Waals surface area contributed by atoms with E-state index < -0.39 is 6.10 Å². The van der Waals surface area contributed by atoms with Crippen molar-refractivity contribution in [3.05, 3.63) is 47.5 Å². The van der Waals surface area contributed by atoms with Crippen LogP contribution in [0.3, 0.4) is 0 Å². The van der Waals surface area contributed by atoms with Crippen LogP contribution < -0.4 is 0 Å². The second kappa shape index (κ2) is 4.97. The number of aliphatic hydroxyl groups is 1. The summed E-state index contributed by atoms with van der Waals surface area (Å²) in [6.07, 6.45) is 1.66. The molecule has 0 aliphatic rings. The van der Waals surface area contributed by atoms with Crippen LogP contribution in [-0.4, -0.2) is 5.11 Å². The lowest BCUT2D eigenvalue weighted by Crippen LogP contribution is -2.10. The Morgan fingerprint density at radius 2 is 1.86 bits per heavy atom. The minimum absolute atomic E-state index is 0.183. The van der Waals surface area contributed by atoms with E-state index in [1.54, 1.807) is 0 Å². The zero-order valence-electron chi connectivity index (χ0n) is 9.07. The van der Waals surface area contributed by atoms with E-state index in [1.165, 1.54) is 5.57 Å². The van der Waals surface area contributed by atoms with Crippen molar-refractivity contribution in [2.75, 3.05) is 0 Å². The first kappa shape index (κ1) is 11.0. The van der Waals surface area contributed by atoms with Crippen molar-refractivity contribution < 1.29 is 5.11 Å². The maximum atomic E-state index is 10.0. The standard InChI is InChI=1S/C13H18O/c1-4-10(2)11(3)13(14)12-8-6-5-7-9-12/h4-9,11,13-14H,1-3H3/b10-4+. The zero-order valence-corrected chi connectivity index (χ0v) is 9.07. The quantitative estimate of drug-likeness (QED) is 0.725. The van der Waals surface area contributed by atoms with Gasteiger partial charge in [0.1, 0.15) is 0 Å². The number of aliphatic hydroxyl groups excluding tert-OH is 1. The van der Waals surface area contributed by atoms with Crippen molar-refractivity contribution in [3.8, 4) is 0 Å². The normalized spacial score (nSPS) is 16.4. The van der Waals surface area contributed by atoms with Gasteiger partial charge in [0.15, 0.2) is 0 Å².